The second-order valence-corrected chi connectivity index (χ2v) is 3.63. The van der Waals surface area contributed by atoms with Gasteiger partial charge in [0.05, 0.1) is 0 Å². The molecule has 0 saturated carbocycles. The molecule has 0 fully saturated rings. The maximum atomic E-state index is 9.86. The van der Waals surface area contributed by atoms with Crippen LogP contribution in [0.2, 0.25) is 0 Å². The maximum Gasteiger partial charge on any atom is 0.239 e. The molecule has 1 aromatic heterocycles. The normalized spacial score (nSPS) is 10.6. The molecule has 0 aliphatic rings. The van der Waals surface area contributed by atoms with Crippen molar-refractivity contribution in [2.24, 2.45) is 4.99 Å². The van der Waals surface area contributed by atoms with Crippen LogP contribution in [0.5, 0.6) is 0 Å². The van der Waals surface area contributed by atoms with Crippen LogP contribution in [-0.4, -0.2) is 6.08 Å². The molecular formula is C11H7NOS. The number of hydrogen-bond donors (Lipinski definition) is 0. The Balaban J connectivity index is 2.48. The average molecular weight is 201 g/mol. The van der Waals surface area contributed by atoms with E-state index in [0.29, 0.717) is 0 Å². The van der Waals surface area contributed by atoms with Crippen molar-refractivity contribution in [2.75, 3.05) is 0 Å². The Labute approximate surface area is 85.2 Å². The zero-order valence-electron chi connectivity index (χ0n) is 7.31. The number of hydrogen-bond acceptors (Lipinski definition) is 3. The highest BCUT2D eigenvalue weighted by Crippen LogP contribution is 2.26. The maximum absolute atomic E-state index is 9.86. The Morgan fingerprint density at radius 3 is 3.07 bits per heavy atom. The lowest BCUT2D eigenvalue weighted by molar-refractivity contribution is 0.565. The topological polar surface area (TPSA) is 29.4 Å². The van der Waals surface area contributed by atoms with Crippen molar-refractivity contribution in [1.29, 1.82) is 0 Å². The first-order chi connectivity index (χ1) is 6.92. The van der Waals surface area contributed by atoms with Gasteiger partial charge in [0.1, 0.15) is 0 Å². The van der Waals surface area contributed by atoms with E-state index in [4.69, 9.17) is 0 Å². The number of carbonyl (C=O) groups excluding carboxylic acids is 1. The van der Waals surface area contributed by atoms with Gasteiger partial charge in [-0.05, 0) is 28.5 Å². The number of isocyanates is 1. The third-order valence-corrected chi connectivity index (χ3v) is 2.87. The molecule has 1 heterocycles. The fourth-order valence-electron chi connectivity index (χ4n) is 1.28. The minimum Gasteiger partial charge on any atom is -0.211 e. The van der Waals surface area contributed by atoms with Gasteiger partial charge < -0.3 is 0 Å². The van der Waals surface area contributed by atoms with Crippen molar-refractivity contribution >= 4 is 33.6 Å². The van der Waals surface area contributed by atoms with Crippen molar-refractivity contribution in [3.05, 3.63) is 41.4 Å². The molecule has 0 amide bonds. The van der Waals surface area contributed by atoms with Gasteiger partial charge >= 0.3 is 0 Å². The zero-order valence-corrected chi connectivity index (χ0v) is 8.12. The van der Waals surface area contributed by atoms with E-state index in [0.717, 1.165) is 5.56 Å². The van der Waals surface area contributed by atoms with Crippen LogP contribution in [0, 0.1) is 0 Å². The van der Waals surface area contributed by atoms with Gasteiger partial charge in [-0.15, -0.1) is 11.3 Å². The van der Waals surface area contributed by atoms with Crippen molar-refractivity contribution in [2.45, 2.75) is 0 Å². The molecule has 0 bridgehead atoms. The zero-order chi connectivity index (χ0) is 9.80. The lowest BCUT2D eigenvalue weighted by Gasteiger charge is -1.88. The SMILES string of the molecule is O=C=N/C=C/c1csc2ccccc12. The summed E-state index contributed by atoms with van der Waals surface area (Å²) in [4.78, 5) is 13.2. The molecule has 0 unspecified atom stereocenters. The minimum absolute atomic E-state index is 1.09. The van der Waals surface area contributed by atoms with Crippen LogP contribution in [0.4, 0.5) is 0 Å². The lowest BCUT2D eigenvalue weighted by atomic mass is 10.2. The summed E-state index contributed by atoms with van der Waals surface area (Å²) in [7, 11) is 0. The quantitative estimate of drug-likeness (QED) is 0.542. The molecule has 2 aromatic rings. The van der Waals surface area contributed by atoms with Crippen LogP contribution in [-0.2, 0) is 4.79 Å². The van der Waals surface area contributed by atoms with Gasteiger partial charge in [0, 0.05) is 10.9 Å². The summed E-state index contributed by atoms with van der Waals surface area (Å²) < 4.78 is 1.24. The van der Waals surface area contributed by atoms with E-state index in [1.807, 2.05) is 23.6 Å². The van der Waals surface area contributed by atoms with Crippen LogP contribution in [0.25, 0.3) is 16.2 Å². The van der Waals surface area contributed by atoms with E-state index in [1.165, 1.54) is 22.4 Å². The Morgan fingerprint density at radius 1 is 1.36 bits per heavy atom. The van der Waals surface area contributed by atoms with Crippen molar-refractivity contribution < 1.29 is 4.79 Å². The third-order valence-electron chi connectivity index (χ3n) is 1.89. The molecule has 2 nitrogen and oxygen atoms in total. The van der Waals surface area contributed by atoms with Gasteiger partial charge in [-0.3, -0.25) is 0 Å². The van der Waals surface area contributed by atoms with Gasteiger partial charge in [0.25, 0.3) is 0 Å². The summed E-state index contributed by atoms with van der Waals surface area (Å²) in [5.41, 5.74) is 1.09. The van der Waals surface area contributed by atoms with Gasteiger partial charge in [-0.1, -0.05) is 18.2 Å². The van der Waals surface area contributed by atoms with Crippen LogP contribution >= 0.6 is 11.3 Å². The van der Waals surface area contributed by atoms with Crippen LogP contribution in [0.15, 0.2) is 40.8 Å². The monoisotopic (exact) mass is 201 g/mol. The van der Waals surface area contributed by atoms with Crippen molar-refractivity contribution in [1.82, 2.24) is 0 Å². The summed E-state index contributed by atoms with van der Waals surface area (Å²) in [6.45, 7) is 0. The molecule has 1 aromatic carbocycles. The molecule has 14 heavy (non-hydrogen) atoms. The third kappa shape index (κ3) is 1.64. The Kier molecular flexibility index (Phi) is 2.54. The predicted molar refractivity (Wildman–Crippen MR) is 59.0 cm³/mol. The van der Waals surface area contributed by atoms with Gasteiger partial charge in [-0.2, -0.15) is 4.99 Å². The molecule has 0 spiro atoms. The summed E-state index contributed by atoms with van der Waals surface area (Å²) in [5.74, 6) is 0. The largest absolute Gasteiger partial charge is 0.239 e. The summed E-state index contributed by atoms with van der Waals surface area (Å²) in [6, 6.07) is 8.13. The fraction of sp³-hybridized carbons (Fsp3) is 0. The molecule has 0 radical (unpaired) electrons. The van der Waals surface area contributed by atoms with Crippen LogP contribution in [0.3, 0.4) is 0 Å². The first-order valence-corrected chi connectivity index (χ1v) is 4.99. The van der Waals surface area contributed by atoms with E-state index in [1.54, 1.807) is 11.3 Å². The van der Waals surface area contributed by atoms with E-state index in [-0.39, 0.29) is 0 Å². The Morgan fingerprint density at radius 2 is 2.21 bits per heavy atom. The number of nitrogens with zero attached hydrogens (tertiary/aromatic N) is 1. The standard InChI is InChI=1S/C11H7NOS/c13-8-12-6-5-9-7-14-11-4-2-1-3-10(9)11/h1-7H/b6-5+. The fourth-order valence-corrected chi connectivity index (χ4v) is 2.20. The lowest BCUT2D eigenvalue weighted by Crippen LogP contribution is -1.66. The Bertz CT molecular complexity index is 521. The highest BCUT2D eigenvalue weighted by atomic mass is 32.1. The Hall–Kier alpha value is -1.70. The predicted octanol–water partition coefficient (Wildman–Crippen LogP) is 3.21. The van der Waals surface area contributed by atoms with Gasteiger partial charge in [-0.25, -0.2) is 4.79 Å². The molecule has 0 aliphatic carbocycles. The van der Waals surface area contributed by atoms with E-state index in [9.17, 15) is 4.79 Å². The minimum atomic E-state index is 1.09. The first-order valence-electron chi connectivity index (χ1n) is 4.11. The summed E-state index contributed by atoms with van der Waals surface area (Å²) in [6.07, 6.45) is 4.74. The highest BCUT2D eigenvalue weighted by Gasteiger charge is 1.98. The second-order valence-electron chi connectivity index (χ2n) is 2.72. The molecule has 3 heteroatoms. The molecular weight excluding hydrogens is 194 g/mol. The van der Waals surface area contributed by atoms with E-state index >= 15 is 0 Å². The number of aliphatic imine (C=N–C) groups is 1. The van der Waals surface area contributed by atoms with E-state index < -0.39 is 0 Å². The van der Waals surface area contributed by atoms with Gasteiger partial charge in [0.2, 0.25) is 6.08 Å². The van der Waals surface area contributed by atoms with Crippen molar-refractivity contribution in [3.8, 4) is 0 Å². The highest BCUT2D eigenvalue weighted by molar-refractivity contribution is 7.17. The van der Waals surface area contributed by atoms with Crippen molar-refractivity contribution in [3.63, 3.8) is 0 Å². The summed E-state index contributed by atoms with van der Waals surface area (Å²) in [5, 5.41) is 3.23. The van der Waals surface area contributed by atoms with Crippen LogP contribution in [0.1, 0.15) is 5.56 Å². The number of thiophene rings is 1. The van der Waals surface area contributed by atoms with Crippen LogP contribution < -0.4 is 0 Å². The second kappa shape index (κ2) is 4.01. The molecule has 0 N–H and O–H groups in total. The number of benzene rings is 1. The molecule has 0 atom stereocenters. The molecule has 2 rings (SSSR count). The first kappa shape index (κ1) is 8.88. The number of rotatable bonds is 2. The molecule has 68 valence electrons. The molecule has 0 aliphatic heterocycles. The number of fused-ring (bicyclic) bond motifs is 1. The average Bonchev–Trinajstić information content (AvgIpc) is 2.63. The molecule has 0 saturated heterocycles. The van der Waals surface area contributed by atoms with E-state index in [2.05, 4.69) is 17.1 Å². The smallest absolute Gasteiger partial charge is 0.211 e. The van der Waals surface area contributed by atoms with Gasteiger partial charge in [0.15, 0.2) is 0 Å². The summed E-state index contributed by atoms with van der Waals surface area (Å²) >= 11 is 1.68.